The van der Waals surface area contributed by atoms with Crippen molar-refractivity contribution in [3.05, 3.63) is 69.4 Å². The summed E-state index contributed by atoms with van der Waals surface area (Å²) in [5, 5.41) is 1.97. The summed E-state index contributed by atoms with van der Waals surface area (Å²) in [4.78, 5) is 13.2. The van der Waals surface area contributed by atoms with Gasteiger partial charge in [-0.05, 0) is 121 Å². The summed E-state index contributed by atoms with van der Waals surface area (Å²) in [6.45, 7) is 14.5. The first kappa shape index (κ1) is 32.6. The van der Waals surface area contributed by atoms with E-state index in [-0.39, 0.29) is 33.5 Å². The van der Waals surface area contributed by atoms with Crippen molar-refractivity contribution in [2.75, 3.05) is 21.3 Å². The number of fused-ring (bicyclic) bond motifs is 8. The molecule has 4 aliphatic rings. The van der Waals surface area contributed by atoms with Crippen molar-refractivity contribution >= 4 is 28.5 Å². The van der Waals surface area contributed by atoms with Gasteiger partial charge in [-0.2, -0.15) is 0 Å². The number of rotatable bonds is 4. The van der Waals surface area contributed by atoms with E-state index in [0.717, 1.165) is 66.1 Å². The Morgan fingerprint density at radius 3 is 2.34 bits per heavy atom. The second-order valence-electron chi connectivity index (χ2n) is 16.7. The van der Waals surface area contributed by atoms with Gasteiger partial charge in [0.2, 0.25) is 0 Å². The Morgan fingerprint density at radius 2 is 1.66 bits per heavy atom. The third kappa shape index (κ3) is 4.23. The van der Waals surface area contributed by atoms with Crippen molar-refractivity contribution in [1.82, 2.24) is 4.57 Å². The number of esters is 1. The average Bonchev–Trinajstić information content (AvgIpc) is 3.37. The number of allylic oxidation sites excluding steroid dienone is 2. The fourth-order valence-corrected chi connectivity index (χ4v) is 11.6. The van der Waals surface area contributed by atoms with Crippen LogP contribution in [0.3, 0.4) is 0 Å². The highest BCUT2D eigenvalue weighted by atomic mass is 35.5. The van der Waals surface area contributed by atoms with Crippen LogP contribution in [0.25, 0.3) is 10.9 Å². The highest BCUT2D eigenvalue weighted by Gasteiger charge is 2.67. The Labute approximate surface area is 286 Å². The number of benzene rings is 2. The molecule has 4 aliphatic carbocycles. The summed E-state index contributed by atoms with van der Waals surface area (Å²) < 4.78 is 19.7. The molecule has 47 heavy (non-hydrogen) atoms. The Kier molecular flexibility index (Phi) is 7.31. The third-order valence-electron chi connectivity index (χ3n) is 14.5. The molecule has 6 heteroatoms. The summed E-state index contributed by atoms with van der Waals surface area (Å²) in [5.74, 6) is 2.02. The van der Waals surface area contributed by atoms with Crippen molar-refractivity contribution in [1.29, 1.82) is 0 Å². The van der Waals surface area contributed by atoms with E-state index in [1.165, 1.54) is 28.5 Å². The van der Waals surface area contributed by atoms with Gasteiger partial charge in [0.1, 0.15) is 0 Å². The van der Waals surface area contributed by atoms with Crippen LogP contribution in [0.5, 0.6) is 11.5 Å². The van der Waals surface area contributed by atoms with Crippen molar-refractivity contribution in [3.63, 3.8) is 0 Å². The van der Waals surface area contributed by atoms with Crippen LogP contribution < -0.4 is 9.47 Å². The number of aromatic nitrogens is 1. The number of halogens is 1. The molecule has 5 nitrogen and oxygen atoms in total. The lowest BCUT2D eigenvalue weighted by atomic mass is 9.34. The van der Waals surface area contributed by atoms with Gasteiger partial charge < -0.3 is 18.8 Å². The summed E-state index contributed by atoms with van der Waals surface area (Å²) >= 11 is 6.52. The highest BCUT2D eigenvalue weighted by molar-refractivity contribution is 6.31. The maximum atomic E-state index is 13.2. The topological polar surface area (TPSA) is 49.7 Å². The molecule has 7 rings (SSSR count). The Hall–Kier alpha value is -2.92. The molecule has 3 saturated carbocycles. The molecule has 0 spiro atoms. The van der Waals surface area contributed by atoms with E-state index in [4.69, 9.17) is 25.8 Å². The van der Waals surface area contributed by atoms with Gasteiger partial charge in [-0.25, -0.2) is 0 Å². The van der Waals surface area contributed by atoms with Crippen LogP contribution in [-0.2, 0) is 22.0 Å². The Morgan fingerprint density at radius 1 is 0.936 bits per heavy atom. The molecule has 0 aliphatic heterocycles. The summed E-state index contributed by atoms with van der Waals surface area (Å²) in [5.41, 5.74) is 7.41. The van der Waals surface area contributed by atoms with E-state index >= 15 is 0 Å². The molecule has 0 bridgehead atoms. The number of carbonyl (C=O) groups is 1. The molecule has 0 radical (unpaired) electrons. The van der Waals surface area contributed by atoms with Crippen molar-refractivity contribution in [2.45, 2.75) is 97.8 Å². The first-order valence-electron chi connectivity index (χ1n) is 17.4. The zero-order valence-electron chi connectivity index (χ0n) is 30.0. The quantitative estimate of drug-likeness (QED) is 0.207. The molecule has 1 aromatic heterocycles. The molecule has 1 heterocycles. The fourth-order valence-electron chi connectivity index (χ4n) is 11.4. The number of ether oxygens (including phenoxy) is 3. The number of hydrogen-bond donors (Lipinski definition) is 0. The molecular weight excluding hydrogens is 606 g/mol. The number of nitrogens with zero attached hydrogens (tertiary/aromatic N) is 1. The largest absolute Gasteiger partial charge is 0.493 e. The first-order chi connectivity index (χ1) is 22.1. The molecule has 2 aromatic carbocycles. The van der Waals surface area contributed by atoms with Crippen LogP contribution in [-0.4, -0.2) is 31.9 Å². The van der Waals surface area contributed by atoms with E-state index in [2.05, 4.69) is 83.6 Å². The Bertz CT molecular complexity index is 1840. The second-order valence-corrected chi connectivity index (χ2v) is 17.1. The van der Waals surface area contributed by atoms with Crippen molar-refractivity contribution < 1.29 is 19.0 Å². The van der Waals surface area contributed by atoms with Crippen molar-refractivity contribution in [2.24, 2.45) is 34.6 Å². The maximum absolute atomic E-state index is 13.2. The van der Waals surface area contributed by atoms with Gasteiger partial charge in [-0.1, -0.05) is 57.0 Å². The molecule has 0 N–H and O–H groups in total. The number of hydrogen-bond acceptors (Lipinski definition) is 4. The second kappa shape index (κ2) is 10.5. The minimum atomic E-state index is -0.442. The van der Waals surface area contributed by atoms with Crippen LogP contribution in [0.2, 0.25) is 5.02 Å². The van der Waals surface area contributed by atoms with Gasteiger partial charge in [0.15, 0.2) is 11.5 Å². The van der Waals surface area contributed by atoms with E-state index in [0.29, 0.717) is 5.92 Å². The smallest absolute Gasteiger partial charge is 0.311 e. The Balaban J connectivity index is 1.48. The van der Waals surface area contributed by atoms with Gasteiger partial charge in [-0.15, -0.1) is 0 Å². The summed E-state index contributed by atoms with van der Waals surface area (Å²) in [6, 6.07) is 8.56. The SMILES string of the molecule is COC(=O)[C@]1(C)CC[C@]2(C)CC[C@]3(C)C4=CC(c5cn(C)c6cc(Cl)ccc56)c5c(cc(OC)c(OC)c5C)[C@]4(C)CC[C@@]3(C)[C@@H]2C1. The van der Waals surface area contributed by atoms with Crippen LogP contribution in [0, 0.1) is 34.5 Å². The molecule has 3 aromatic rings. The van der Waals surface area contributed by atoms with Crippen LogP contribution in [0.4, 0.5) is 0 Å². The molecule has 0 amide bonds. The molecule has 1 unspecified atom stereocenters. The predicted octanol–water partition coefficient (Wildman–Crippen LogP) is 10.1. The summed E-state index contributed by atoms with van der Waals surface area (Å²) in [6.07, 6.45) is 12.3. The van der Waals surface area contributed by atoms with E-state index in [9.17, 15) is 4.79 Å². The molecule has 252 valence electrons. The lowest BCUT2D eigenvalue weighted by Crippen LogP contribution is -2.62. The highest BCUT2D eigenvalue weighted by Crippen LogP contribution is 2.75. The molecule has 3 fully saturated rings. The molecule has 7 atom stereocenters. The third-order valence-corrected chi connectivity index (χ3v) is 14.7. The van der Waals surface area contributed by atoms with Gasteiger partial charge >= 0.3 is 5.97 Å². The standard InChI is InChI=1S/C41H52ClNO4/c1-24-34-27(28-23-43(7)30-19-25(42)11-12-26(28)30)20-32-39(4,29(34)21-31(45-8)35(24)46-9)16-18-41(6)33-22-38(3,36(44)47-10)14-13-37(33,2)15-17-40(32,41)5/h11-12,19-21,23,27,33H,13-18,22H2,1-10H3/t27?,33-,37-,38-,39+,40-,41+/m1/s1. The van der Waals surface area contributed by atoms with Gasteiger partial charge in [0.25, 0.3) is 0 Å². The van der Waals surface area contributed by atoms with Crippen molar-refractivity contribution in [3.8, 4) is 11.5 Å². The molecular formula is C41H52ClNO4. The minimum Gasteiger partial charge on any atom is -0.493 e. The van der Waals surface area contributed by atoms with Gasteiger partial charge in [0.05, 0.1) is 26.7 Å². The minimum absolute atomic E-state index is 0.0288. The molecule has 0 saturated heterocycles. The lowest BCUT2D eigenvalue weighted by molar-refractivity contribution is -0.179. The number of aryl methyl sites for hydroxylation is 1. The predicted molar refractivity (Wildman–Crippen MR) is 190 cm³/mol. The number of methoxy groups -OCH3 is 3. The fraction of sp³-hybridized carbons (Fsp3) is 0.585. The number of carbonyl (C=O) groups excluding carboxylic acids is 1. The maximum Gasteiger partial charge on any atom is 0.311 e. The van der Waals surface area contributed by atoms with Crippen LogP contribution >= 0.6 is 11.6 Å². The van der Waals surface area contributed by atoms with E-state index in [1.54, 1.807) is 26.9 Å². The average molecular weight is 658 g/mol. The lowest BCUT2D eigenvalue weighted by Gasteiger charge is -2.70. The van der Waals surface area contributed by atoms with E-state index in [1.807, 2.05) is 6.07 Å². The van der Waals surface area contributed by atoms with E-state index < -0.39 is 5.41 Å². The van der Waals surface area contributed by atoms with Crippen LogP contribution in [0.1, 0.15) is 108 Å². The van der Waals surface area contributed by atoms with Crippen LogP contribution in [0.15, 0.2) is 42.1 Å². The van der Waals surface area contributed by atoms with Gasteiger partial charge in [0, 0.05) is 40.5 Å². The zero-order chi connectivity index (χ0) is 33.9. The zero-order valence-corrected chi connectivity index (χ0v) is 30.8. The normalized spacial score (nSPS) is 36.0. The first-order valence-corrected chi connectivity index (χ1v) is 17.8. The van der Waals surface area contributed by atoms with Gasteiger partial charge in [-0.3, -0.25) is 4.79 Å². The monoisotopic (exact) mass is 657 g/mol. The summed E-state index contributed by atoms with van der Waals surface area (Å²) in [7, 11) is 7.17.